The van der Waals surface area contributed by atoms with Gasteiger partial charge in [0.2, 0.25) is 0 Å². The van der Waals surface area contributed by atoms with Crippen molar-refractivity contribution in [2.24, 2.45) is 0 Å². The summed E-state index contributed by atoms with van der Waals surface area (Å²) >= 11 is 0. The Bertz CT molecular complexity index is 1890. The van der Waals surface area contributed by atoms with E-state index in [1.807, 2.05) is 42.5 Å². The van der Waals surface area contributed by atoms with Crippen molar-refractivity contribution >= 4 is 22.4 Å². The number of nitrogens with zero attached hydrogens (tertiary/aromatic N) is 4. The molecule has 2 aliphatic rings. The molecule has 5 heteroatoms. The summed E-state index contributed by atoms with van der Waals surface area (Å²) in [7, 11) is 2.21. The zero-order valence-corrected chi connectivity index (χ0v) is 28.2. The molecule has 220 valence electrons. The summed E-state index contributed by atoms with van der Waals surface area (Å²) in [4.78, 5) is 6.61. The Kier molecular flexibility index (Phi) is 7.82. The Morgan fingerprint density at radius 3 is 2.27 bits per heavy atom. The minimum Gasteiger partial charge on any atom is -0.404 e. The molecule has 0 bridgehead atoms. The van der Waals surface area contributed by atoms with Crippen LogP contribution < -0.4 is 9.47 Å². The van der Waals surface area contributed by atoms with Crippen LogP contribution in [0.5, 0.6) is 0 Å². The van der Waals surface area contributed by atoms with Crippen LogP contribution in [0.15, 0.2) is 103 Å². The van der Waals surface area contributed by atoms with Crippen LogP contribution in [0.3, 0.4) is 0 Å². The van der Waals surface area contributed by atoms with E-state index >= 15 is 0 Å². The molecule has 0 unspecified atom stereocenters. The maximum atomic E-state index is 4.22. The van der Waals surface area contributed by atoms with Crippen molar-refractivity contribution in [1.29, 1.82) is 0 Å². The van der Waals surface area contributed by atoms with E-state index in [9.17, 15) is 0 Å². The fourth-order valence-electron chi connectivity index (χ4n) is 6.66. The molecule has 1 aliphatic heterocycles. The van der Waals surface area contributed by atoms with Gasteiger partial charge in [-0.05, 0) is 54.5 Å². The third kappa shape index (κ3) is 4.98. The second-order valence-electron chi connectivity index (χ2n) is 12.8. The van der Waals surface area contributed by atoms with E-state index in [4.69, 9.17) is 0 Å². The van der Waals surface area contributed by atoms with E-state index in [1.165, 1.54) is 40.9 Å². The van der Waals surface area contributed by atoms with Crippen LogP contribution in [0.2, 0.25) is 0 Å². The molecule has 0 saturated carbocycles. The average Bonchev–Trinajstić information content (AvgIpc) is 3.44. The van der Waals surface area contributed by atoms with Gasteiger partial charge in [-0.1, -0.05) is 87.7 Å². The topological polar surface area (TPSA) is 24.9 Å². The quantitative estimate of drug-likeness (QED) is 0.131. The van der Waals surface area contributed by atoms with Gasteiger partial charge in [0.05, 0.1) is 11.2 Å². The summed E-state index contributed by atoms with van der Waals surface area (Å²) in [5, 5.41) is 0. The number of hydrogen-bond acceptors (Lipinski definition) is 2. The zero-order valence-electron chi connectivity index (χ0n) is 25.9. The molecule has 0 spiro atoms. The van der Waals surface area contributed by atoms with Gasteiger partial charge in [-0.15, -0.1) is 47.0 Å². The zero-order chi connectivity index (χ0) is 29.8. The van der Waals surface area contributed by atoms with Crippen LogP contribution in [0.1, 0.15) is 51.7 Å². The van der Waals surface area contributed by atoms with Crippen LogP contribution in [0.25, 0.3) is 33.7 Å². The van der Waals surface area contributed by atoms with Crippen LogP contribution in [0, 0.1) is 18.5 Å². The SMILES string of the molecule is CN1c2c([c-]cc3c2C(C)(C)CCC3(C)C)-[n+]2[c-]n(-c3ccccc3)c3cccc1c32.[Ir+3].[c-]1ccccc1-c1ccccn1. The fourth-order valence-corrected chi connectivity index (χ4v) is 6.66. The van der Waals surface area contributed by atoms with Crippen LogP contribution in [-0.4, -0.2) is 16.6 Å². The van der Waals surface area contributed by atoms with E-state index in [0.717, 1.165) is 28.1 Å². The van der Waals surface area contributed by atoms with Gasteiger partial charge < -0.3 is 14.5 Å². The number of benzene rings is 4. The van der Waals surface area contributed by atoms with Gasteiger partial charge >= 0.3 is 20.1 Å². The van der Waals surface area contributed by atoms with Crippen molar-refractivity contribution in [3.63, 3.8) is 0 Å². The Balaban J connectivity index is 0.000000222. The first-order valence-electron chi connectivity index (χ1n) is 15.0. The normalized spacial score (nSPS) is 15.3. The molecule has 4 nitrogen and oxygen atoms in total. The number of anilines is 2. The molecule has 0 fully saturated rings. The number of rotatable bonds is 2. The van der Waals surface area contributed by atoms with Crippen LogP contribution >= 0.6 is 0 Å². The predicted octanol–water partition coefficient (Wildman–Crippen LogP) is 8.48. The van der Waals surface area contributed by atoms with E-state index in [-0.39, 0.29) is 30.9 Å². The molecule has 6 aromatic rings. The molecule has 0 atom stereocenters. The predicted molar refractivity (Wildman–Crippen MR) is 174 cm³/mol. The number of aromatic nitrogens is 3. The minimum absolute atomic E-state index is 0. The van der Waals surface area contributed by atoms with Gasteiger partial charge in [0.1, 0.15) is 5.52 Å². The number of para-hydroxylation sites is 2. The molecule has 44 heavy (non-hydrogen) atoms. The van der Waals surface area contributed by atoms with Crippen molar-refractivity contribution < 1.29 is 24.7 Å². The molecule has 4 aromatic carbocycles. The third-order valence-electron chi connectivity index (χ3n) is 9.11. The van der Waals surface area contributed by atoms with Crippen molar-refractivity contribution in [1.82, 2.24) is 9.55 Å². The first-order valence-corrected chi connectivity index (χ1v) is 15.0. The minimum atomic E-state index is 0. The van der Waals surface area contributed by atoms with Gasteiger partial charge in [-0.2, -0.15) is 12.1 Å². The Morgan fingerprint density at radius 1 is 0.795 bits per heavy atom. The molecular formula is C39H36IrN4+. The molecule has 2 aromatic heterocycles. The fraction of sp³-hybridized carbons (Fsp3) is 0.231. The molecule has 8 rings (SSSR count). The number of hydrogen-bond donors (Lipinski definition) is 0. The second-order valence-corrected chi connectivity index (χ2v) is 12.8. The maximum absolute atomic E-state index is 4.22. The molecule has 0 saturated heterocycles. The monoisotopic (exact) mass is 753 g/mol. The summed E-state index contributed by atoms with van der Waals surface area (Å²) in [6, 6.07) is 39.8. The smallest absolute Gasteiger partial charge is 0.404 e. The Hall–Kier alpha value is -4.05. The second kappa shape index (κ2) is 11.5. The molecule has 3 heterocycles. The number of imidazole rings is 1. The number of fused-ring (bicyclic) bond motifs is 4. The van der Waals surface area contributed by atoms with Crippen molar-refractivity contribution in [3.8, 4) is 22.6 Å². The first kappa shape index (κ1) is 30.0. The largest absolute Gasteiger partial charge is 3.00 e. The van der Waals surface area contributed by atoms with E-state index in [2.05, 4.69) is 127 Å². The van der Waals surface area contributed by atoms with Crippen molar-refractivity contribution in [2.45, 2.75) is 51.4 Å². The average molecular weight is 753 g/mol. The number of pyridine rings is 1. The van der Waals surface area contributed by atoms with E-state index < -0.39 is 0 Å². The standard InChI is InChI=1S/C28H28N3.C11H8N.Ir/c1-27(2)16-17-28(3,4)24-20(27)14-15-23-26(24)29(5)21-12-9-13-22-25(21)31(23)18-30(22)19-10-7-6-8-11-19;1-2-6-10(7-3-1)11-8-4-5-9-12-11;/h6-14H,16-17H2,1-5H3;1-6,8-9H;/q2*-1;+3. The third-order valence-corrected chi connectivity index (χ3v) is 9.11. The molecule has 1 aliphatic carbocycles. The van der Waals surface area contributed by atoms with E-state index in [0.29, 0.717) is 0 Å². The molecule has 0 N–H and O–H groups in total. The van der Waals surface area contributed by atoms with Gasteiger partial charge in [0.15, 0.2) is 0 Å². The Morgan fingerprint density at radius 2 is 1.55 bits per heavy atom. The molecular weight excluding hydrogens is 717 g/mol. The first-order chi connectivity index (χ1) is 20.8. The summed E-state index contributed by atoms with van der Waals surface area (Å²) in [5.74, 6) is 0. The van der Waals surface area contributed by atoms with Crippen LogP contribution in [0.4, 0.5) is 11.4 Å². The Labute approximate surface area is 274 Å². The molecule has 0 radical (unpaired) electrons. The van der Waals surface area contributed by atoms with E-state index in [1.54, 1.807) is 6.20 Å². The summed E-state index contributed by atoms with van der Waals surface area (Å²) in [6.07, 6.45) is 7.83. The van der Waals surface area contributed by atoms with Crippen molar-refractivity contribution in [2.75, 3.05) is 11.9 Å². The van der Waals surface area contributed by atoms with Crippen molar-refractivity contribution in [3.05, 3.63) is 133 Å². The molecule has 0 amide bonds. The van der Waals surface area contributed by atoms with Gasteiger partial charge in [-0.3, -0.25) is 4.57 Å². The maximum Gasteiger partial charge on any atom is 3.00 e. The van der Waals surface area contributed by atoms with Crippen LogP contribution in [-0.2, 0) is 30.9 Å². The van der Waals surface area contributed by atoms with Gasteiger partial charge in [0.25, 0.3) is 6.33 Å². The summed E-state index contributed by atoms with van der Waals surface area (Å²) < 4.78 is 4.40. The summed E-state index contributed by atoms with van der Waals surface area (Å²) in [5.41, 5.74) is 12.3. The summed E-state index contributed by atoms with van der Waals surface area (Å²) in [6.45, 7) is 9.55. The van der Waals surface area contributed by atoms with Gasteiger partial charge in [0, 0.05) is 11.9 Å². The van der Waals surface area contributed by atoms with Gasteiger partial charge in [-0.25, -0.2) is 0 Å².